The quantitative estimate of drug-likeness (QED) is 0.368. The normalized spacial score (nSPS) is 11.3. The third-order valence-electron chi connectivity index (χ3n) is 5.53. The van der Waals surface area contributed by atoms with E-state index in [1.54, 1.807) is 38.1 Å². The summed E-state index contributed by atoms with van der Waals surface area (Å²) in [5.41, 5.74) is 2.41. The number of benzene rings is 1. The van der Waals surface area contributed by atoms with E-state index in [0.717, 1.165) is 10.4 Å². The molecule has 4 rings (SSSR count). The average molecular weight is 485 g/mol. The highest BCUT2D eigenvalue weighted by Crippen LogP contribution is 2.34. The van der Waals surface area contributed by atoms with E-state index in [9.17, 15) is 18.4 Å². The van der Waals surface area contributed by atoms with Gasteiger partial charge in [0.25, 0.3) is 6.43 Å². The van der Waals surface area contributed by atoms with Crippen LogP contribution in [0.1, 0.15) is 38.5 Å². The monoisotopic (exact) mass is 484 g/mol. The summed E-state index contributed by atoms with van der Waals surface area (Å²) in [6.07, 6.45) is -2.74. The number of alkyl halides is 2. The van der Waals surface area contributed by atoms with Gasteiger partial charge in [-0.25, -0.2) is 23.2 Å². The summed E-state index contributed by atoms with van der Waals surface area (Å²) in [6.45, 7) is 4.95. The molecule has 1 N–H and O–H groups in total. The number of pyridine rings is 1. The molecule has 176 valence electrons. The van der Waals surface area contributed by atoms with Crippen LogP contribution in [-0.2, 0) is 16.1 Å². The zero-order chi connectivity index (χ0) is 24.6. The fourth-order valence-corrected chi connectivity index (χ4v) is 4.86. The molecule has 0 spiro atoms. The molecule has 0 unspecified atom stereocenters. The van der Waals surface area contributed by atoms with Gasteiger partial charge in [-0.3, -0.25) is 4.79 Å². The van der Waals surface area contributed by atoms with Gasteiger partial charge >= 0.3 is 5.97 Å². The Morgan fingerprint density at radius 3 is 2.53 bits per heavy atom. The fraction of sp³-hybridized carbons (Fsp3) is 0.250. The van der Waals surface area contributed by atoms with Crippen molar-refractivity contribution in [2.24, 2.45) is 0 Å². The number of nitrogens with one attached hydrogen (secondary N) is 1. The van der Waals surface area contributed by atoms with Crippen molar-refractivity contribution in [3.63, 3.8) is 0 Å². The topological polar surface area (TPSA) is 86.1 Å². The van der Waals surface area contributed by atoms with Crippen LogP contribution in [0.5, 0.6) is 0 Å². The third-order valence-corrected chi connectivity index (χ3v) is 6.66. The minimum absolute atomic E-state index is 0.189. The van der Waals surface area contributed by atoms with E-state index in [1.807, 2.05) is 13.0 Å². The highest BCUT2D eigenvalue weighted by Gasteiger charge is 2.24. The molecule has 0 fully saturated rings. The maximum absolute atomic E-state index is 13.9. The minimum Gasteiger partial charge on any atom is -0.465 e. The number of carbonyl (C=O) groups is 2. The van der Waals surface area contributed by atoms with Crippen LogP contribution in [-0.4, -0.2) is 33.8 Å². The molecule has 0 aliphatic carbocycles. The van der Waals surface area contributed by atoms with Gasteiger partial charge in [0.2, 0.25) is 5.91 Å². The maximum Gasteiger partial charge on any atom is 0.341 e. The van der Waals surface area contributed by atoms with Crippen molar-refractivity contribution < 1.29 is 23.1 Å². The molecule has 7 nitrogen and oxygen atoms in total. The van der Waals surface area contributed by atoms with Crippen LogP contribution >= 0.6 is 11.3 Å². The number of aryl methyl sites for hydroxylation is 2. The summed E-state index contributed by atoms with van der Waals surface area (Å²) in [5, 5.41) is 7.64. The SMILES string of the molecule is COC(=O)c1c(NC(=O)Cn2nc(C)c3c(C(F)F)cc(-c4ccccc4)nc32)sc(C)c1C. The van der Waals surface area contributed by atoms with Gasteiger partial charge < -0.3 is 10.1 Å². The number of aromatic nitrogens is 3. The third kappa shape index (κ3) is 4.28. The van der Waals surface area contributed by atoms with Gasteiger partial charge in [-0.15, -0.1) is 11.3 Å². The number of hydrogen-bond acceptors (Lipinski definition) is 6. The molecule has 0 saturated heterocycles. The minimum atomic E-state index is -2.74. The number of esters is 1. The van der Waals surface area contributed by atoms with Crippen molar-refractivity contribution in [3.8, 4) is 11.3 Å². The van der Waals surface area contributed by atoms with E-state index in [-0.39, 0.29) is 23.1 Å². The predicted molar refractivity (Wildman–Crippen MR) is 126 cm³/mol. The largest absolute Gasteiger partial charge is 0.465 e. The Morgan fingerprint density at radius 2 is 1.88 bits per heavy atom. The maximum atomic E-state index is 13.9. The lowest BCUT2D eigenvalue weighted by atomic mass is 10.1. The zero-order valence-electron chi connectivity index (χ0n) is 19.0. The first-order valence-corrected chi connectivity index (χ1v) is 11.2. The van der Waals surface area contributed by atoms with Crippen LogP contribution in [0.3, 0.4) is 0 Å². The van der Waals surface area contributed by atoms with Gasteiger partial charge in [-0.1, -0.05) is 30.3 Å². The molecular formula is C24H22F2N4O3S. The highest BCUT2D eigenvalue weighted by molar-refractivity contribution is 7.16. The van der Waals surface area contributed by atoms with Gasteiger partial charge in [0, 0.05) is 16.0 Å². The summed E-state index contributed by atoms with van der Waals surface area (Å²) in [4.78, 5) is 30.5. The van der Waals surface area contributed by atoms with E-state index in [0.29, 0.717) is 27.5 Å². The molecule has 3 heterocycles. The molecule has 3 aromatic heterocycles. The summed E-state index contributed by atoms with van der Waals surface area (Å²) >= 11 is 1.26. The molecule has 0 saturated carbocycles. The number of thiophene rings is 1. The second kappa shape index (κ2) is 9.30. The first-order valence-electron chi connectivity index (χ1n) is 10.4. The van der Waals surface area contributed by atoms with Crippen molar-refractivity contribution in [1.29, 1.82) is 0 Å². The van der Waals surface area contributed by atoms with Crippen LogP contribution in [0, 0.1) is 20.8 Å². The zero-order valence-corrected chi connectivity index (χ0v) is 19.8. The van der Waals surface area contributed by atoms with Crippen molar-refractivity contribution >= 4 is 39.2 Å². The highest BCUT2D eigenvalue weighted by atomic mass is 32.1. The van der Waals surface area contributed by atoms with Crippen LogP contribution in [0.4, 0.5) is 13.8 Å². The summed E-state index contributed by atoms with van der Waals surface area (Å²) < 4.78 is 34.0. The van der Waals surface area contributed by atoms with E-state index in [1.165, 1.54) is 29.2 Å². The summed E-state index contributed by atoms with van der Waals surface area (Å²) in [6, 6.07) is 10.3. The number of halogens is 2. The lowest BCUT2D eigenvalue weighted by molar-refractivity contribution is -0.116. The smallest absolute Gasteiger partial charge is 0.341 e. The number of carbonyl (C=O) groups excluding carboxylic acids is 2. The molecule has 0 atom stereocenters. The second-order valence-corrected chi connectivity index (χ2v) is 8.96. The lowest BCUT2D eigenvalue weighted by Gasteiger charge is -2.09. The van der Waals surface area contributed by atoms with Crippen molar-refractivity contribution in [3.05, 3.63) is 63.7 Å². The fourth-order valence-electron chi connectivity index (χ4n) is 3.79. The first-order chi connectivity index (χ1) is 16.2. The van der Waals surface area contributed by atoms with Crippen LogP contribution in [0.15, 0.2) is 36.4 Å². The van der Waals surface area contributed by atoms with Crippen LogP contribution in [0.25, 0.3) is 22.3 Å². The Kier molecular flexibility index (Phi) is 6.43. The predicted octanol–water partition coefficient (Wildman–Crippen LogP) is 5.45. The molecule has 0 aliphatic heterocycles. The van der Waals surface area contributed by atoms with Gasteiger partial charge in [-0.2, -0.15) is 5.10 Å². The van der Waals surface area contributed by atoms with Crippen molar-refractivity contribution in [2.45, 2.75) is 33.7 Å². The number of nitrogens with zero attached hydrogens (tertiary/aromatic N) is 3. The summed E-state index contributed by atoms with van der Waals surface area (Å²) in [7, 11) is 1.27. The Labute approximate surface area is 198 Å². The average Bonchev–Trinajstić information content (AvgIpc) is 3.28. The first kappa shape index (κ1) is 23.5. The molecule has 0 bridgehead atoms. The molecule has 0 aliphatic rings. The van der Waals surface area contributed by atoms with E-state index in [4.69, 9.17) is 4.74 Å². The van der Waals surface area contributed by atoms with Crippen molar-refractivity contribution in [2.75, 3.05) is 12.4 Å². The molecule has 4 aromatic rings. The van der Waals surface area contributed by atoms with Gasteiger partial charge in [0.1, 0.15) is 11.5 Å². The molecule has 1 aromatic carbocycles. The molecule has 0 radical (unpaired) electrons. The lowest BCUT2D eigenvalue weighted by Crippen LogP contribution is -2.20. The molecular weight excluding hydrogens is 462 g/mol. The standard InChI is InChI=1S/C24H22F2N4O3S/c1-12-14(3)34-23(19(12)24(32)33-4)28-18(31)11-30-22-20(13(2)29-30)16(21(25)26)10-17(27-22)15-8-6-5-7-9-15/h5-10,21H,11H2,1-4H3,(H,28,31). The Hall–Kier alpha value is -3.66. The number of rotatable bonds is 6. The number of hydrogen-bond donors (Lipinski definition) is 1. The molecule has 10 heteroatoms. The van der Waals surface area contributed by atoms with Crippen molar-refractivity contribution in [1.82, 2.24) is 14.8 Å². The Morgan fingerprint density at radius 1 is 1.18 bits per heavy atom. The van der Waals surface area contributed by atoms with E-state index < -0.39 is 18.3 Å². The molecule has 34 heavy (non-hydrogen) atoms. The number of amides is 1. The van der Waals surface area contributed by atoms with Gasteiger partial charge in [-0.05, 0) is 32.4 Å². The molecule has 1 amide bonds. The Balaban J connectivity index is 1.73. The second-order valence-electron chi connectivity index (χ2n) is 7.73. The van der Waals surface area contributed by atoms with Gasteiger partial charge in [0.05, 0.1) is 29.4 Å². The van der Waals surface area contributed by atoms with Gasteiger partial charge in [0.15, 0.2) is 5.65 Å². The number of anilines is 1. The van der Waals surface area contributed by atoms with Crippen LogP contribution < -0.4 is 5.32 Å². The van der Waals surface area contributed by atoms with Crippen LogP contribution in [0.2, 0.25) is 0 Å². The number of fused-ring (bicyclic) bond motifs is 1. The number of ether oxygens (including phenoxy) is 1. The number of methoxy groups -OCH3 is 1. The summed E-state index contributed by atoms with van der Waals surface area (Å²) in [5.74, 6) is -1.02. The van der Waals surface area contributed by atoms with E-state index >= 15 is 0 Å². The Bertz CT molecular complexity index is 1400. The van der Waals surface area contributed by atoms with E-state index in [2.05, 4.69) is 15.4 Å².